The van der Waals surface area contributed by atoms with Gasteiger partial charge < -0.3 is 5.32 Å². The molecule has 78 valence electrons. The van der Waals surface area contributed by atoms with Crippen LogP contribution in [0, 0.1) is 5.92 Å². The third-order valence-corrected chi connectivity index (χ3v) is 1.87. The van der Waals surface area contributed by atoms with Gasteiger partial charge in [-0.15, -0.1) is 0 Å². The number of hydrogen-bond acceptors (Lipinski definition) is 1. The monoisotopic (exact) mass is 183 g/mol. The summed E-state index contributed by atoms with van der Waals surface area (Å²) >= 11 is 0. The Bertz CT molecular complexity index is 125. The van der Waals surface area contributed by atoms with Crippen LogP contribution in [0.5, 0.6) is 0 Å². The van der Waals surface area contributed by atoms with Crippen LogP contribution in [-0.4, -0.2) is 12.6 Å². The van der Waals surface area contributed by atoms with Gasteiger partial charge in [0.2, 0.25) is 0 Å². The standard InChI is InChI=1S/C12H25N/c1-11(2)9-7-5-6-8-10-13-12(3)4/h5,7,11-13H,6,8-10H2,1-4H3. The van der Waals surface area contributed by atoms with E-state index in [2.05, 4.69) is 45.2 Å². The fourth-order valence-corrected chi connectivity index (χ4v) is 1.10. The van der Waals surface area contributed by atoms with Gasteiger partial charge in [0.15, 0.2) is 0 Å². The Morgan fingerprint density at radius 2 is 1.77 bits per heavy atom. The number of allylic oxidation sites excluding steroid dienone is 2. The quantitative estimate of drug-likeness (QED) is 0.471. The first-order valence-corrected chi connectivity index (χ1v) is 5.51. The molecule has 0 bridgehead atoms. The van der Waals surface area contributed by atoms with E-state index >= 15 is 0 Å². The summed E-state index contributed by atoms with van der Waals surface area (Å²) in [4.78, 5) is 0. The highest BCUT2D eigenvalue weighted by Gasteiger charge is 1.90. The summed E-state index contributed by atoms with van der Waals surface area (Å²) in [5, 5.41) is 3.41. The highest BCUT2D eigenvalue weighted by atomic mass is 14.9. The molecule has 0 saturated heterocycles. The second-order valence-electron chi connectivity index (χ2n) is 4.35. The highest BCUT2D eigenvalue weighted by Crippen LogP contribution is 2.01. The van der Waals surface area contributed by atoms with Crippen LogP contribution >= 0.6 is 0 Å². The topological polar surface area (TPSA) is 12.0 Å². The van der Waals surface area contributed by atoms with Crippen molar-refractivity contribution in [3.63, 3.8) is 0 Å². The molecule has 0 atom stereocenters. The molecule has 0 rings (SSSR count). The van der Waals surface area contributed by atoms with Gasteiger partial charge in [0.1, 0.15) is 0 Å². The molecule has 1 N–H and O–H groups in total. The molecule has 0 aromatic carbocycles. The molecule has 0 aliphatic heterocycles. The largest absolute Gasteiger partial charge is 0.315 e. The Labute approximate surface area is 83.6 Å². The van der Waals surface area contributed by atoms with Gasteiger partial charge in [-0.3, -0.25) is 0 Å². The molecule has 0 saturated carbocycles. The molecule has 1 nitrogen and oxygen atoms in total. The Morgan fingerprint density at radius 3 is 2.31 bits per heavy atom. The van der Waals surface area contributed by atoms with Crippen molar-refractivity contribution in [2.45, 2.75) is 53.0 Å². The first kappa shape index (κ1) is 12.7. The molecular weight excluding hydrogens is 158 g/mol. The minimum absolute atomic E-state index is 0.625. The van der Waals surface area contributed by atoms with E-state index in [4.69, 9.17) is 0 Å². The van der Waals surface area contributed by atoms with E-state index in [0.29, 0.717) is 6.04 Å². The number of rotatable bonds is 7. The molecule has 1 heteroatoms. The molecule has 0 spiro atoms. The highest BCUT2D eigenvalue weighted by molar-refractivity contribution is 4.82. The number of hydrogen-bond donors (Lipinski definition) is 1. The Balaban J connectivity index is 3.11. The molecule has 13 heavy (non-hydrogen) atoms. The molecule has 0 aromatic heterocycles. The molecule has 0 heterocycles. The van der Waals surface area contributed by atoms with Crippen molar-refractivity contribution in [2.75, 3.05) is 6.54 Å². The molecular formula is C12H25N. The van der Waals surface area contributed by atoms with E-state index in [0.717, 1.165) is 12.5 Å². The maximum atomic E-state index is 3.41. The van der Waals surface area contributed by atoms with E-state index in [1.54, 1.807) is 0 Å². The second-order valence-corrected chi connectivity index (χ2v) is 4.35. The van der Waals surface area contributed by atoms with E-state index in [9.17, 15) is 0 Å². The lowest BCUT2D eigenvalue weighted by Gasteiger charge is -2.05. The van der Waals surface area contributed by atoms with Crippen LogP contribution in [0.15, 0.2) is 12.2 Å². The van der Waals surface area contributed by atoms with Gasteiger partial charge in [-0.05, 0) is 31.7 Å². The third-order valence-electron chi connectivity index (χ3n) is 1.87. The molecule has 0 unspecified atom stereocenters. The maximum absolute atomic E-state index is 3.41. The Morgan fingerprint density at radius 1 is 1.08 bits per heavy atom. The van der Waals surface area contributed by atoms with E-state index in [1.807, 2.05) is 0 Å². The molecule has 0 aromatic rings. The minimum atomic E-state index is 0.625. The van der Waals surface area contributed by atoms with Gasteiger partial charge in [-0.25, -0.2) is 0 Å². The van der Waals surface area contributed by atoms with Gasteiger partial charge in [-0.1, -0.05) is 39.8 Å². The first-order valence-electron chi connectivity index (χ1n) is 5.51. The van der Waals surface area contributed by atoms with Gasteiger partial charge in [-0.2, -0.15) is 0 Å². The zero-order chi connectivity index (χ0) is 10.1. The predicted octanol–water partition coefficient (Wildman–Crippen LogP) is 3.37. The van der Waals surface area contributed by atoms with Gasteiger partial charge in [0, 0.05) is 6.04 Å². The van der Waals surface area contributed by atoms with E-state index < -0.39 is 0 Å². The van der Waals surface area contributed by atoms with Crippen LogP contribution in [0.3, 0.4) is 0 Å². The third kappa shape index (κ3) is 11.7. The fraction of sp³-hybridized carbons (Fsp3) is 0.833. The Hall–Kier alpha value is -0.300. The van der Waals surface area contributed by atoms with E-state index in [1.165, 1.54) is 19.3 Å². The van der Waals surface area contributed by atoms with Crippen molar-refractivity contribution in [3.05, 3.63) is 12.2 Å². The minimum Gasteiger partial charge on any atom is -0.315 e. The van der Waals surface area contributed by atoms with Crippen LogP contribution in [0.25, 0.3) is 0 Å². The lowest BCUT2D eigenvalue weighted by molar-refractivity contribution is 0.572. The lowest BCUT2D eigenvalue weighted by Crippen LogP contribution is -2.23. The molecule has 0 aliphatic carbocycles. The van der Waals surface area contributed by atoms with Crippen LogP contribution in [0.2, 0.25) is 0 Å². The zero-order valence-corrected chi connectivity index (χ0v) is 9.64. The smallest absolute Gasteiger partial charge is 0.00103 e. The second kappa shape index (κ2) is 8.31. The van der Waals surface area contributed by atoms with Crippen molar-refractivity contribution in [3.8, 4) is 0 Å². The summed E-state index contributed by atoms with van der Waals surface area (Å²) in [6.07, 6.45) is 8.30. The average molecular weight is 183 g/mol. The lowest BCUT2D eigenvalue weighted by atomic mass is 10.1. The van der Waals surface area contributed by atoms with Gasteiger partial charge in [0.05, 0.1) is 0 Å². The summed E-state index contributed by atoms with van der Waals surface area (Å²) in [5.74, 6) is 0.796. The predicted molar refractivity (Wildman–Crippen MR) is 61.0 cm³/mol. The summed E-state index contributed by atoms with van der Waals surface area (Å²) < 4.78 is 0. The van der Waals surface area contributed by atoms with Gasteiger partial charge in [0.25, 0.3) is 0 Å². The van der Waals surface area contributed by atoms with Gasteiger partial charge >= 0.3 is 0 Å². The van der Waals surface area contributed by atoms with Crippen LogP contribution in [-0.2, 0) is 0 Å². The first-order chi connectivity index (χ1) is 6.13. The molecule has 0 amide bonds. The average Bonchev–Trinajstić information content (AvgIpc) is 2.01. The maximum Gasteiger partial charge on any atom is 0.00103 e. The normalized spacial score (nSPS) is 12.2. The molecule has 0 radical (unpaired) electrons. The SMILES string of the molecule is CC(C)CC=CCCCNC(C)C. The van der Waals surface area contributed by atoms with Crippen molar-refractivity contribution in [1.82, 2.24) is 5.32 Å². The summed E-state index contributed by atoms with van der Waals surface area (Å²) in [5.41, 5.74) is 0. The summed E-state index contributed by atoms with van der Waals surface area (Å²) in [6.45, 7) is 10.0. The summed E-state index contributed by atoms with van der Waals surface area (Å²) in [7, 11) is 0. The van der Waals surface area contributed by atoms with Crippen molar-refractivity contribution < 1.29 is 0 Å². The molecule has 0 fully saturated rings. The zero-order valence-electron chi connectivity index (χ0n) is 9.64. The van der Waals surface area contributed by atoms with Crippen LogP contribution in [0.4, 0.5) is 0 Å². The van der Waals surface area contributed by atoms with Crippen LogP contribution in [0.1, 0.15) is 47.0 Å². The molecule has 0 aliphatic rings. The Kier molecular flexibility index (Phi) is 8.11. The summed E-state index contributed by atoms with van der Waals surface area (Å²) in [6, 6.07) is 0.625. The van der Waals surface area contributed by atoms with E-state index in [-0.39, 0.29) is 0 Å². The van der Waals surface area contributed by atoms with Crippen molar-refractivity contribution >= 4 is 0 Å². The number of unbranched alkanes of at least 4 members (excludes halogenated alkanes) is 1. The number of nitrogens with one attached hydrogen (secondary N) is 1. The van der Waals surface area contributed by atoms with Crippen LogP contribution < -0.4 is 5.32 Å². The van der Waals surface area contributed by atoms with Crippen molar-refractivity contribution in [1.29, 1.82) is 0 Å². The van der Waals surface area contributed by atoms with Crippen molar-refractivity contribution in [2.24, 2.45) is 5.92 Å². The fourth-order valence-electron chi connectivity index (χ4n) is 1.10.